The van der Waals surface area contributed by atoms with E-state index in [0.29, 0.717) is 9.52 Å². The number of fused-ring (bicyclic) bond motifs is 1. The lowest BCUT2D eigenvalue weighted by Gasteiger charge is -2.19. The molecule has 2 aromatic rings. The highest BCUT2D eigenvalue weighted by atomic mass is 127. The van der Waals surface area contributed by atoms with Gasteiger partial charge in [-0.15, -0.1) is 0 Å². The number of hydrogen-bond donors (Lipinski definition) is 1. The predicted molar refractivity (Wildman–Crippen MR) is 85.5 cm³/mol. The van der Waals surface area contributed by atoms with Gasteiger partial charge in [-0.1, -0.05) is 0 Å². The molecule has 1 amide bonds. The SMILES string of the molecule is CC(C)(C)OC(=O)Nc1c(I)nc2c(Br)cccn12. The molecule has 0 saturated heterocycles. The molecule has 0 aliphatic heterocycles. The Kier molecular flexibility index (Phi) is 4.05. The zero-order valence-corrected chi connectivity index (χ0v) is 14.4. The van der Waals surface area contributed by atoms with Gasteiger partial charge in [0.1, 0.15) is 9.30 Å². The number of anilines is 1. The molecular formula is C12H13BrIN3O2. The lowest BCUT2D eigenvalue weighted by Crippen LogP contribution is -2.27. The van der Waals surface area contributed by atoms with E-state index in [1.807, 2.05) is 39.1 Å². The maximum Gasteiger partial charge on any atom is 0.413 e. The van der Waals surface area contributed by atoms with Gasteiger partial charge in [0.05, 0.1) is 4.47 Å². The summed E-state index contributed by atoms with van der Waals surface area (Å²) >= 11 is 5.51. The molecule has 102 valence electrons. The second-order valence-corrected chi connectivity index (χ2v) is 6.80. The van der Waals surface area contributed by atoms with Crippen molar-refractivity contribution in [2.45, 2.75) is 26.4 Å². The molecule has 0 aliphatic rings. The fourth-order valence-corrected chi connectivity index (χ4v) is 2.57. The maximum atomic E-state index is 11.8. The molecule has 2 rings (SSSR count). The molecule has 0 atom stereocenters. The number of pyridine rings is 1. The second kappa shape index (κ2) is 5.28. The van der Waals surface area contributed by atoms with Gasteiger partial charge in [0, 0.05) is 6.20 Å². The number of aromatic nitrogens is 2. The highest BCUT2D eigenvalue weighted by molar-refractivity contribution is 14.1. The first kappa shape index (κ1) is 14.6. The van der Waals surface area contributed by atoms with Crippen molar-refractivity contribution in [1.82, 2.24) is 9.38 Å². The van der Waals surface area contributed by atoms with Crippen LogP contribution >= 0.6 is 38.5 Å². The fraction of sp³-hybridized carbons (Fsp3) is 0.333. The van der Waals surface area contributed by atoms with Crippen molar-refractivity contribution in [2.24, 2.45) is 0 Å². The number of amides is 1. The zero-order valence-electron chi connectivity index (χ0n) is 10.7. The molecule has 0 aliphatic carbocycles. The number of nitrogens with one attached hydrogen (secondary N) is 1. The van der Waals surface area contributed by atoms with Crippen LogP contribution in [0.1, 0.15) is 20.8 Å². The molecule has 0 aromatic carbocycles. The largest absolute Gasteiger partial charge is 0.444 e. The summed E-state index contributed by atoms with van der Waals surface area (Å²) in [6.45, 7) is 5.47. The van der Waals surface area contributed by atoms with Gasteiger partial charge in [0.2, 0.25) is 0 Å². The van der Waals surface area contributed by atoms with Crippen LogP contribution in [0, 0.1) is 3.70 Å². The Morgan fingerprint density at radius 1 is 1.53 bits per heavy atom. The molecule has 0 fully saturated rings. The standard InChI is InChI=1S/C12H13BrIN3O2/c1-12(2,3)19-11(18)16-10-8(14)15-9-7(13)5-4-6-17(9)10/h4-6H,1-3H3,(H,16,18). The Morgan fingerprint density at radius 2 is 2.21 bits per heavy atom. The molecule has 5 nitrogen and oxygen atoms in total. The highest BCUT2D eigenvalue weighted by Crippen LogP contribution is 2.25. The van der Waals surface area contributed by atoms with E-state index in [4.69, 9.17) is 4.74 Å². The number of carbonyl (C=O) groups excluding carboxylic acids is 1. The topological polar surface area (TPSA) is 55.6 Å². The number of imidazole rings is 1. The normalized spacial score (nSPS) is 11.6. The summed E-state index contributed by atoms with van der Waals surface area (Å²) in [6.07, 6.45) is 1.34. The fourth-order valence-electron chi connectivity index (χ4n) is 1.52. The van der Waals surface area contributed by atoms with Crippen LogP contribution in [0.5, 0.6) is 0 Å². The van der Waals surface area contributed by atoms with Crippen LogP contribution in [-0.4, -0.2) is 21.1 Å². The molecule has 2 aromatic heterocycles. The zero-order chi connectivity index (χ0) is 14.2. The lowest BCUT2D eigenvalue weighted by molar-refractivity contribution is 0.0635. The first-order valence-corrected chi connectivity index (χ1v) is 7.47. The number of nitrogens with zero attached hydrogens (tertiary/aromatic N) is 2. The molecule has 0 saturated carbocycles. The maximum absolute atomic E-state index is 11.8. The minimum atomic E-state index is -0.531. The van der Waals surface area contributed by atoms with E-state index in [9.17, 15) is 4.79 Å². The van der Waals surface area contributed by atoms with Crippen LogP contribution in [0.4, 0.5) is 10.6 Å². The average Bonchev–Trinajstić information content (AvgIpc) is 2.55. The first-order valence-electron chi connectivity index (χ1n) is 5.60. The van der Waals surface area contributed by atoms with Crippen molar-refractivity contribution < 1.29 is 9.53 Å². The smallest absolute Gasteiger partial charge is 0.413 e. The summed E-state index contributed by atoms with van der Waals surface area (Å²) in [4.78, 5) is 16.2. The van der Waals surface area contributed by atoms with Crippen LogP contribution in [0.2, 0.25) is 0 Å². The Hall–Kier alpha value is -0.830. The lowest BCUT2D eigenvalue weighted by atomic mass is 10.2. The number of hydrogen-bond acceptors (Lipinski definition) is 3. The molecule has 0 spiro atoms. The van der Waals surface area contributed by atoms with Gasteiger partial charge in [-0.25, -0.2) is 9.78 Å². The van der Waals surface area contributed by atoms with E-state index in [1.54, 1.807) is 4.40 Å². The van der Waals surface area contributed by atoms with Crippen LogP contribution in [-0.2, 0) is 4.74 Å². The Labute approximate surface area is 133 Å². The number of carbonyl (C=O) groups is 1. The summed E-state index contributed by atoms with van der Waals surface area (Å²) in [6, 6.07) is 3.77. The van der Waals surface area contributed by atoms with Gasteiger partial charge in [-0.2, -0.15) is 0 Å². The highest BCUT2D eigenvalue weighted by Gasteiger charge is 2.19. The summed E-state index contributed by atoms with van der Waals surface area (Å²) in [5.41, 5.74) is 0.217. The molecule has 19 heavy (non-hydrogen) atoms. The molecular weight excluding hydrogens is 425 g/mol. The van der Waals surface area contributed by atoms with Crippen LogP contribution in [0.15, 0.2) is 22.8 Å². The summed E-state index contributed by atoms with van der Waals surface area (Å²) in [7, 11) is 0. The summed E-state index contributed by atoms with van der Waals surface area (Å²) < 4.78 is 8.61. The molecule has 0 bridgehead atoms. The van der Waals surface area contributed by atoms with E-state index in [-0.39, 0.29) is 0 Å². The van der Waals surface area contributed by atoms with Gasteiger partial charge < -0.3 is 4.74 Å². The van der Waals surface area contributed by atoms with Crippen molar-refractivity contribution in [3.63, 3.8) is 0 Å². The summed E-state index contributed by atoms with van der Waals surface area (Å²) in [5.74, 6) is 0.603. The minimum absolute atomic E-state index is 0.493. The molecule has 2 heterocycles. The van der Waals surface area contributed by atoms with Gasteiger partial charge in [-0.3, -0.25) is 9.72 Å². The molecule has 7 heteroatoms. The molecule has 0 unspecified atom stereocenters. The summed E-state index contributed by atoms with van der Waals surface area (Å²) in [5, 5.41) is 2.73. The second-order valence-electron chi connectivity index (χ2n) is 4.93. The third-order valence-electron chi connectivity index (χ3n) is 2.18. The van der Waals surface area contributed by atoms with Crippen LogP contribution in [0.3, 0.4) is 0 Å². The Bertz CT molecular complexity index is 634. The van der Waals surface area contributed by atoms with Crippen molar-refractivity contribution in [2.75, 3.05) is 5.32 Å². The molecule has 1 N–H and O–H groups in total. The monoisotopic (exact) mass is 437 g/mol. The Balaban J connectivity index is 2.33. The minimum Gasteiger partial charge on any atom is -0.444 e. The van der Waals surface area contributed by atoms with Crippen molar-refractivity contribution in [1.29, 1.82) is 0 Å². The third-order valence-corrected chi connectivity index (χ3v) is 3.55. The van der Waals surface area contributed by atoms with Crippen LogP contribution < -0.4 is 5.32 Å². The van der Waals surface area contributed by atoms with Crippen LogP contribution in [0.25, 0.3) is 5.65 Å². The van der Waals surface area contributed by atoms with E-state index >= 15 is 0 Å². The first-order chi connectivity index (χ1) is 8.78. The molecule has 0 radical (unpaired) electrons. The Morgan fingerprint density at radius 3 is 2.84 bits per heavy atom. The van der Waals surface area contributed by atoms with Crippen molar-refractivity contribution in [3.8, 4) is 0 Å². The van der Waals surface area contributed by atoms with Gasteiger partial charge >= 0.3 is 6.09 Å². The van der Waals surface area contributed by atoms with E-state index in [1.165, 1.54) is 0 Å². The van der Waals surface area contributed by atoms with Gasteiger partial charge in [0.15, 0.2) is 11.5 Å². The predicted octanol–water partition coefficient (Wildman–Crippen LogP) is 4.05. The van der Waals surface area contributed by atoms with E-state index < -0.39 is 11.7 Å². The number of halogens is 2. The number of ether oxygens (including phenoxy) is 1. The average molecular weight is 438 g/mol. The quantitative estimate of drug-likeness (QED) is 0.684. The van der Waals surface area contributed by atoms with Crippen molar-refractivity contribution in [3.05, 3.63) is 26.5 Å². The van der Waals surface area contributed by atoms with Crippen molar-refractivity contribution >= 4 is 56.1 Å². The van der Waals surface area contributed by atoms with E-state index in [0.717, 1.165) is 10.1 Å². The third kappa shape index (κ3) is 3.38. The van der Waals surface area contributed by atoms with E-state index in [2.05, 4.69) is 48.8 Å². The van der Waals surface area contributed by atoms with Gasteiger partial charge in [0.25, 0.3) is 0 Å². The van der Waals surface area contributed by atoms with Gasteiger partial charge in [-0.05, 0) is 71.4 Å². The number of rotatable bonds is 1.